The predicted molar refractivity (Wildman–Crippen MR) is 82.5 cm³/mol. The van der Waals surface area contributed by atoms with E-state index in [1.165, 1.54) is 64.2 Å². The highest BCUT2D eigenvalue weighted by molar-refractivity contribution is 5.66. The fourth-order valence-corrected chi connectivity index (χ4v) is 2.65. The molecule has 2 heteroatoms. The second-order valence-electron chi connectivity index (χ2n) is 5.82. The molecule has 2 nitrogen and oxygen atoms in total. The molecular formula is C17H34O2. The summed E-state index contributed by atoms with van der Waals surface area (Å²) in [5, 5.41) is 8.60. The van der Waals surface area contributed by atoms with Gasteiger partial charge in [0, 0.05) is 6.42 Å². The molecule has 0 aliphatic heterocycles. The summed E-state index contributed by atoms with van der Waals surface area (Å²) in [5.74, 6) is 0.171. The largest absolute Gasteiger partial charge is 0.481 e. The Morgan fingerprint density at radius 2 is 1.37 bits per heavy atom. The minimum Gasteiger partial charge on any atom is -0.481 e. The molecule has 0 saturated heterocycles. The lowest BCUT2D eigenvalue weighted by atomic mass is 9.92. The minimum atomic E-state index is -0.653. The summed E-state index contributed by atoms with van der Waals surface area (Å²) in [7, 11) is 0. The maximum Gasteiger partial charge on any atom is 0.303 e. The molecule has 0 saturated carbocycles. The lowest BCUT2D eigenvalue weighted by molar-refractivity contribution is -0.137. The third-order valence-electron chi connectivity index (χ3n) is 4.05. The van der Waals surface area contributed by atoms with Crippen molar-refractivity contribution in [2.24, 2.45) is 5.92 Å². The lowest BCUT2D eigenvalue weighted by Crippen LogP contribution is -2.00. The van der Waals surface area contributed by atoms with E-state index in [-0.39, 0.29) is 0 Å². The molecule has 0 aliphatic carbocycles. The Morgan fingerprint density at radius 1 is 0.842 bits per heavy atom. The number of hydrogen-bond donors (Lipinski definition) is 1. The number of carbonyl (C=O) groups is 1. The average molecular weight is 270 g/mol. The van der Waals surface area contributed by atoms with Gasteiger partial charge in [0.2, 0.25) is 0 Å². The van der Waals surface area contributed by atoms with E-state index in [9.17, 15) is 4.79 Å². The molecule has 0 aromatic carbocycles. The summed E-state index contributed by atoms with van der Waals surface area (Å²) in [6, 6.07) is 0. The van der Waals surface area contributed by atoms with Gasteiger partial charge in [0.1, 0.15) is 0 Å². The number of carboxylic acid groups (broad SMARTS) is 1. The van der Waals surface area contributed by atoms with Gasteiger partial charge in [0.05, 0.1) is 0 Å². The van der Waals surface area contributed by atoms with Crippen molar-refractivity contribution < 1.29 is 9.90 Å². The highest BCUT2D eigenvalue weighted by Crippen LogP contribution is 2.21. The van der Waals surface area contributed by atoms with Crippen molar-refractivity contribution in [1.82, 2.24) is 0 Å². The molecule has 0 aromatic rings. The molecule has 0 rings (SSSR count). The zero-order valence-corrected chi connectivity index (χ0v) is 13.1. The minimum absolute atomic E-state index is 0.341. The fourth-order valence-electron chi connectivity index (χ4n) is 2.65. The van der Waals surface area contributed by atoms with Crippen molar-refractivity contribution in [2.45, 2.75) is 97.3 Å². The van der Waals surface area contributed by atoms with E-state index in [1.54, 1.807) is 0 Å². The molecule has 114 valence electrons. The van der Waals surface area contributed by atoms with Crippen molar-refractivity contribution in [1.29, 1.82) is 0 Å². The third kappa shape index (κ3) is 13.7. The van der Waals surface area contributed by atoms with E-state index in [0.717, 1.165) is 18.8 Å². The summed E-state index contributed by atoms with van der Waals surface area (Å²) in [6.07, 6.45) is 15.8. The molecule has 19 heavy (non-hydrogen) atoms. The first kappa shape index (κ1) is 18.5. The Kier molecular flexibility index (Phi) is 13.5. The zero-order chi connectivity index (χ0) is 14.3. The molecule has 0 bridgehead atoms. The Hall–Kier alpha value is -0.530. The van der Waals surface area contributed by atoms with Gasteiger partial charge in [0.25, 0.3) is 0 Å². The number of unbranched alkanes of at least 4 members (excludes halogenated alkanes) is 7. The number of hydrogen-bond acceptors (Lipinski definition) is 1. The summed E-state index contributed by atoms with van der Waals surface area (Å²) < 4.78 is 0. The summed E-state index contributed by atoms with van der Waals surface area (Å²) in [4.78, 5) is 10.4. The SMILES string of the molecule is CCCCCCCCCC(CC)CCCCC(=O)O. The van der Waals surface area contributed by atoms with Gasteiger partial charge in [-0.05, 0) is 12.3 Å². The van der Waals surface area contributed by atoms with Crippen LogP contribution < -0.4 is 0 Å². The van der Waals surface area contributed by atoms with Crippen molar-refractivity contribution in [3.05, 3.63) is 0 Å². The van der Waals surface area contributed by atoms with Crippen molar-refractivity contribution in [3.63, 3.8) is 0 Å². The molecule has 0 amide bonds. The fraction of sp³-hybridized carbons (Fsp3) is 0.941. The predicted octanol–water partition coefficient (Wildman–Crippen LogP) is 5.80. The van der Waals surface area contributed by atoms with Gasteiger partial charge >= 0.3 is 5.97 Å². The van der Waals surface area contributed by atoms with Gasteiger partial charge in [-0.1, -0.05) is 84.5 Å². The Morgan fingerprint density at radius 3 is 1.89 bits per heavy atom. The summed E-state index contributed by atoms with van der Waals surface area (Å²) in [5.41, 5.74) is 0. The second kappa shape index (κ2) is 13.9. The van der Waals surface area contributed by atoms with Crippen LogP contribution in [-0.4, -0.2) is 11.1 Å². The maximum absolute atomic E-state index is 10.4. The van der Waals surface area contributed by atoms with E-state index >= 15 is 0 Å². The Bertz CT molecular complexity index is 201. The standard InChI is InChI=1S/C17H34O2/c1-3-5-6-7-8-9-10-13-16(4-2)14-11-12-15-17(18)19/h16H,3-15H2,1-2H3,(H,18,19). The highest BCUT2D eigenvalue weighted by Gasteiger charge is 2.06. The number of carboxylic acids is 1. The van der Waals surface area contributed by atoms with Crippen LogP contribution >= 0.6 is 0 Å². The topological polar surface area (TPSA) is 37.3 Å². The molecule has 0 fully saturated rings. The Labute approximate surface area is 120 Å². The smallest absolute Gasteiger partial charge is 0.303 e. The average Bonchev–Trinajstić information content (AvgIpc) is 2.39. The normalized spacial score (nSPS) is 12.5. The summed E-state index contributed by atoms with van der Waals surface area (Å²) >= 11 is 0. The number of rotatable bonds is 14. The molecule has 1 N–H and O–H groups in total. The van der Waals surface area contributed by atoms with Crippen molar-refractivity contribution >= 4 is 5.97 Å². The van der Waals surface area contributed by atoms with Gasteiger partial charge in [-0.15, -0.1) is 0 Å². The highest BCUT2D eigenvalue weighted by atomic mass is 16.4. The lowest BCUT2D eigenvalue weighted by Gasteiger charge is -2.14. The van der Waals surface area contributed by atoms with Crippen LogP contribution in [0, 0.1) is 5.92 Å². The molecule has 1 unspecified atom stereocenters. The number of aliphatic carboxylic acids is 1. The molecule has 0 radical (unpaired) electrons. The molecule has 1 atom stereocenters. The van der Waals surface area contributed by atoms with Crippen molar-refractivity contribution in [2.75, 3.05) is 0 Å². The van der Waals surface area contributed by atoms with Crippen LogP contribution in [0.25, 0.3) is 0 Å². The first-order valence-electron chi connectivity index (χ1n) is 8.42. The first-order valence-corrected chi connectivity index (χ1v) is 8.42. The quantitative estimate of drug-likeness (QED) is 0.405. The van der Waals surface area contributed by atoms with Crippen LogP contribution in [0.1, 0.15) is 97.3 Å². The van der Waals surface area contributed by atoms with Crippen LogP contribution in [0.5, 0.6) is 0 Å². The van der Waals surface area contributed by atoms with Gasteiger partial charge in [0.15, 0.2) is 0 Å². The van der Waals surface area contributed by atoms with Gasteiger partial charge < -0.3 is 5.11 Å². The van der Waals surface area contributed by atoms with Gasteiger partial charge in [-0.2, -0.15) is 0 Å². The third-order valence-corrected chi connectivity index (χ3v) is 4.05. The van der Waals surface area contributed by atoms with Crippen LogP contribution in [0.4, 0.5) is 0 Å². The van der Waals surface area contributed by atoms with Crippen LogP contribution in [0.3, 0.4) is 0 Å². The second-order valence-corrected chi connectivity index (χ2v) is 5.82. The molecule has 0 aromatic heterocycles. The van der Waals surface area contributed by atoms with E-state index in [4.69, 9.17) is 5.11 Å². The van der Waals surface area contributed by atoms with Crippen LogP contribution in [0.2, 0.25) is 0 Å². The van der Waals surface area contributed by atoms with E-state index < -0.39 is 5.97 Å². The molecule has 0 aliphatic rings. The first-order chi connectivity index (χ1) is 9.20. The Balaban J connectivity index is 3.36. The van der Waals surface area contributed by atoms with E-state index in [1.807, 2.05) is 0 Å². The van der Waals surface area contributed by atoms with Gasteiger partial charge in [-0.3, -0.25) is 4.79 Å². The van der Waals surface area contributed by atoms with E-state index in [2.05, 4.69) is 13.8 Å². The monoisotopic (exact) mass is 270 g/mol. The zero-order valence-electron chi connectivity index (χ0n) is 13.1. The van der Waals surface area contributed by atoms with Crippen LogP contribution in [0.15, 0.2) is 0 Å². The molecule has 0 spiro atoms. The van der Waals surface area contributed by atoms with Crippen molar-refractivity contribution in [3.8, 4) is 0 Å². The van der Waals surface area contributed by atoms with Crippen LogP contribution in [-0.2, 0) is 4.79 Å². The van der Waals surface area contributed by atoms with E-state index in [0.29, 0.717) is 6.42 Å². The maximum atomic E-state index is 10.4. The molecule has 0 heterocycles. The van der Waals surface area contributed by atoms with Gasteiger partial charge in [-0.25, -0.2) is 0 Å². The molecular weight excluding hydrogens is 236 g/mol. The summed E-state index contributed by atoms with van der Waals surface area (Å²) in [6.45, 7) is 4.53.